The van der Waals surface area contributed by atoms with E-state index in [4.69, 9.17) is 0 Å². The lowest BCUT2D eigenvalue weighted by Gasteiger charge is -2.22. The Kier molecular flexibility index (Phi) is 3.84. The van der Waals surface area contributed by atoms with Gasteiger partial charge in [-0.05, 0) is 36.4 Å². The van der Waals surface area contributed by atoms with E-state index in [0.717, 1.165) is 32.9 Å². The smallest absolute Gasteiger partial charge is 0.219 e. The Hall–Kier alpha value is -3.07. The topological polar surface area (TPSA) is 40.6 Å². The minimum Gasteiger partial charge on any atom is -0.219 e. The van der Waals surface area contributed by atoms with E-state index in [0.29, 0.717) is 12.1 Å². The molecule has 27 heavy (non-hydrogen) atoms. The fraction of sp³-hybridized carbons (Fsp3) is 0. The number of hydrogen-bond acceptors (Lipinski definition) is 2. The summed E-state index contributed by atoms with van der Waals surface area (Å²) >= 11 is 0. The molecule has 138 valence electrons. The molecule has 9 heteroatoms. The van der Waals surface area contributed by atoms with Crippen LogP contribution in [0, 0.1) is 23.3 Å². The molecular weight excluding hydrogens is 384 g/mol. The maximum Gasteiger partial charge on any atom is 0.335 e. The maximum absolute atomic E-state index is 13.7. The van der Waals surface area contributed by atoms with Crippen LogP contribution < -0.4 is 8.61 Å². The molecule has 0 N–H and O–H groups in total. The first-order valence-electron chi connectivity index (χ1n) is 7.64. The summed E-state index contributed by atoms with van der Waals surface area (Å²) in [6.45, 7) is 0. The number of fused-ring (bicyclic) bond motifs is 1. The van der Waals surface area contributed by atoms with Crippen LogP contribution in [0.25, 0.3) is 0 Å². The number of nitrogens with zero attached hydrogens (tertiary/aromatic N) is 2. The summed E-state index contributed by atoms with van der Waals surface area (Å²) in [6, 6.07) is 10.5. The zero-order valence-corrected chi connectivity index (χ0v) is 14.2. The van der Waals surface area contributed by atoms with Crippen molar-refractivity contribution < 1.29 is 26.0 Å². The van der Waals surface area contributed by atoms with Crippen LogP contribution >= 0.6 is 0 Å². The predicted octanol–water partition coefficient (Wildman–Crippen LogP) is 4.78. The highest BCUT2D eigenvalue weighted by atomic mass is 32.2. The van der Waals surface area contributed by atoms with Gasteiger partial charge in [0, 0.05) is 12.1 Å². The van der Waals surface area contributed by atoms with Crippen LogP contribution in [0.4, 0.5) is 40.3 Å². The van der Waals surface area contributed by atoms with E-state index in [1.54, 1.807) is 0 Å². The second-order valence-corrected chi connectivity index (χ2v) is 7.41. The molecule has 0 saturated heterocycles. The molecule has 3 aromatic rings. The van der Waals surface area contributed by atoms with E-state index in [-0.39, 0.29) is 22.7 Å². The standard InChI is InChI=1S/C18H10F4N2O2S/c19-11-5-12(20)8-15(7-11)23-17-3-1-2-4-18(17)24(27(23,25)26)16-9-13(21)6-14(22)10-16/h1-10H. The van der Waals surface area contributed by atoms with Crippen molar-refractivity contribution in [1.82, 2.24) is 0 Å². The monoisotopic (exact) mass is 394 g/mol. The lowest BCUT2D eigenvalue weighted by atomic mass is 10.2. The molecule has 0 radical (unpaired) electrons. The van der Waals surface area contributed by atoms with Crippen molar-refractivity contribution in [3.05, 3.63) is 83.9 Å². The molecule has 0 aromatic heterocycles. The van der Waals surface area contributed by atoms with E-state index >= 15 is 0 Å². The average molecular weight is 394 g/mol. The molecule has 0 fully saturated rings. The van der Waals surface area contributed by atoms with Crippen LogP contribution in [0.5, 0.6) is 0 Å². The maximum atomic E-state index is 13.7. The number of rotatable bonds is 2. The Morgan fingerprint density at radius 3 is 1.26 bits per heavy atom. The van der Waals surface area contributed by atoms with E-state index in [2.05, 4.69) is 0 Å². The van der Waals surface area contributed by atoms with Crippen molar-refractivity contribution in [2.24, 2.45) is 0 Å². The Morgan fingerprint density at radius 1 is 0.593 bits per heavy atom. The largest absolute Gasteiger partial charge is 0.335 e. The van der Waals surface area contributed by atoms with Gasteiger partial charge in [-0.2, -0.15) is 8.42 Å². The van der Waals surface area contributed by atoms with Gasteiger partial charge in [0.05, 0.1) is 22.7 Å². The van der Waals surface area contributed by atoms with Crippen molar-refractivity contribution >= 4 is 33.0 Å². The molecule has 1 aliphatic rings. The molecule has 0 saturated carbocycles. The number of benzene rings is 3. The Labute approximate surface area is 152 Å². The van der Waals surface area contributed by atoms with Crippen LogP contribution in [0.15, 0.2) is 60.7 Å². The summed E-state index contributed by atoms with van der Waals surface area (Å²) in [5.74, 6) is -3.86. The normalized spacial score (nSPS) is 15.1. The lowest BCUT2D eigenvalue weighted by Crippen LogP contribution is -2.32. The molecule has 1 heterocycles. The molecule has 0 atom stereocenters. The van der Waals surface area contributed by atoms with Gasteiger partial charge in [-0.15, -0.1) is 0 Å². The first-order chi connectivity index (χ1) is 12.8. The van der Waals surface area contributed by atoms with E-state index in [9.17, 15) is 26.0 Å². The lowest BCUT2D eigenvalue weighted by molar-refractivity contribution is 0.583. The molecule has 0 amide bonds. The zero-order chi connectivity index (χ0) is 19.3. The third kappa shape index (κ3) is 2.80. The van der Waals surface area contributed by atoms with Gasteiger partial charge in [-0.25, -0.2) is 26.2 Å². The molecule has 1 aliphatic heterocycles. The fourth-order valence-electron chi connectivity index (χ4n) is 3.00. The summed E-state index contributed by atoms with van der Waals surface area (Å²) in [4.78, 5) is 0. The molecule has 0 spiro atoms. The number of para-hydroxylation sites is 2. The minimum atomic E-state index is -4.46. The van der Waals surface area contributed by atoms with Gasteiger partial charge in [0.1, 0.15) is 23.3 Å². The van der Waals surface area contributed by atoms with Gasteiger partial charge >= 0.3 is 10.2 Å². The molecule has 3 aromatic carbocycles. The highest BCUT2D eigenvalue weighted by Crippen LogP contribution is 2.48. The molecule has 0 bridgehead atoms. The third-order valence-corrected chi connectivity index (χ3v) is 5.68. The predicted molar refractivity (Wildman–Crippen MR) is 92.4 cm³/mol. The summed E-state index contributed by atoms with van der Waals surface area (Å²) in [7, 11) is -4.46. The van der Waals surface area contributed by atoms with E-state index in [1.165, 1.54) is 24.3 Å². The van der Waals surface area contributed by atoms with Gasteiger partial charge in [-0.3, -0.25) is 0 Å². The second-order valence-electron chi connectivity index (χ2n) is 5.78. The van der Waals surface area contributed by atoms with Crippen LogP contribution in [0.3, 0.4) is 0 Å². The Bertz CT molecular complexity index is 1040. The van der Waals surface area contributed by atoms with E-state index in [1.807, 2.05) is 0 Å². The van der Waals surface area contributed by atoms with Crippen molar-refractivity contribution in [3.63, 3.8) is 0 Å². The number of hydrogen-bond donors (Lipinski definition) is 0. The van der Waals surface area contributed by atoms with Crippen molar-refractivity contribution in [2.45, 2.75) is 0 Å². The SMILES string of the molecule is O=S1(=O)N(c2cc(F)cc(F)c2)c2ccccc2N1c1cc(F)cc(F)c1. The molecule has 4 nitrogen and oxygen atoms in total. The Balaban J connectivity index is 1.98. The van der Waals surface area contributed by atoms with Gasteiger partial charge in [0.15, 0.2) is 0 Å². The van der Waals surface area contributed by atoms with Gasteiger partial charge in [0.2, 0.25) is 0 Å². The summed E-state index contributed by atoms with van der Waals surface area (Å²) < 4.78 is 82.4. The Morgan fingerprint density at radius 2 is 0.926 bits per heavy atom. The zero-order valence-electron chi connectivity index (χ0n) is 13.4. The van der Waals surface area contributed by atoms with Gasteiger partial charge < -0.3 is 0 Å². The van der Waals surface area contributed by atoms with E-state index < -0.39 is 33.5 Å². The van der Waals surface area contributed by atoms with Crippen molar-refractivity contribution in [3.8, 4) is 0 Å². The first kappa shape index (κ1) is 17.3. The minimum absolute atomic E-state index is 0.0900. The fourth-order valence-corrected chi connectivity index (χ4v) is 4.71. The molecule has 4 rings (SSSR count). The molecule has 0 unspecified atom stereocenters. The van der Waals surface area contributed by atoms with Crippen molar-refractivity contribution in [1.29, 1.82) is 0 Å². The number of halogens is 4. The van der Waals surface area contributed by atoms with Crippen molar-refractivity contribution in [2.75, 3.05) is 8.61 Å². The van der Waals surface area contributed by atoms with Crippen LogP contribution in [0.1, 0.15) is 0 Å². The third-order valence-electron chi connectivity index (χ3n) is 3.94. The molecule has 0 aliphatic carbocycles. The summed E-state index contributed by atoms with van der Waals surface area (Å²) in [5, 5.41) is 0. The van der Waals surface area contributed by atoms with Crippen LogP contribution in [-0.4, -0.2) is 8.42 Å². The van der Waals surface area contributed by atoms with Crippen LogP contribution in [-0.2, 0) is 10.2 Å². The first-order valence-corrected chi connectivity index (χ1v) is 9.04. The molecular formula is C18H10F4N2O2S. The van der Waals surface area contributed by atoms with Gasteiger partial charge in [0.25, 0.3) is 0 Å². The second kappa shape index (κ2) is 5.98. The van der Waals surface area contributed by atoms with Crippen LogP contribution in [0.2, 0.25) is 0 Å². The number of anilines is 4. The quantitative estimate of drug-likeness (QED) is 0.587. The highest BCUT2D eigenvalue weighted by molar-refractivity contribution is 7.95. The average Bonchev–Trinajstić information content (AvgIpc) is 2.78. The summed E-state index contributed by atoms with van der Waals surface area (Å²) in [6.07, 6.45) is 0. The van der Waals surface area contributed by atoms with Gasteiger partial charge in [-0.1, -0.05) is 12.1 Å². The highest BCUT2D eigenvalue weighted by Gasteiger charge is 2.42. The summed E-state index contributed by atoms with van der Waals surface area (Å²) in [5.41, 5.74) is -0.377.